The van der Waals surface area contributed by atoms with Crippen molar-refractivity contribution in [1.82, 2.24) is 0 Å². The summed E-state index contributed by atoms with van der Waals surface area (Å²) in [6, 6.07) is 4.88. The van der Waals surface area contributed by atoms with Crippen LogP contribution in [0.1, 0.15) is 23.0 Å². The molecule has 0 radical (unpaired) electrons. The maximum Gasteiger partial charge on any atom is 0.306 e. The van der Waals surface area contributed by atoms with Gasteiger partial charge in [-0.1, -0.05) is 6.92 Å². The summed E-state index contributed by atoms with van der Waals surface area (Å²) in [5, 5.41) is 19.3. The highest BCUT2D eigenvalue weighted by molar-refractivity contribution is 7.20. The van der Waals surface area contributed by atoms with Gasteiger partial charge in [-0.2, -0.15) is 0 Å². The van der Waals surface area contributed by atoms with E-state index in [1.54, 1.807) is 12.1 Å². The lowest BCUT2D eigenvalue weighted by atomic mass is 10.0. The number of thiophene rings is 1. The van der Waals surface area contributed by atoms with Crippen LogP contribution in [0.2, 0.25) is 0 Å². The van der Waals surface area contributed by atoms with Crippen molar-refractivity contribution < 1.29 is 24.5 Å². The number of carbonyl (C=O) groups excluding carboxylic acids is 1. The Morgan fingerprint density at radius 3 is 2.65 bits per heavy atom. The van der Waals surface area contributed by atoms with E-state index in [1.165, 1.54) is 31.4 Å². The number of rotatable bonds is 5. The number of phenols is 1. The van der Waals surface area contributed by atoms with Crippen molar-refractivity contribution in [2.24, 2.45) is 5.92 Å². The molecule has 0 bridgehead atoms. The molecule has 5 nitrogen and oxygen atoms in total. The number of Topliss-reactive ketones (excluding diaryl/α,β-unsaturated/α-hetero) is 1. The highest BCUT2D eigenvalue weighted by Gasteiger charge is 2.19. The van der Waals surface area contributed by atoms with Gasteiger partial charge < -0.3 is 14.9 Å². The van der Waals surface area contributed by atoms with E-state index in [1.807, 2.05) is 0 Å². The summed E-state index contributed by atoms with van der Waals surface area (Å²) in [6.07, 6.45) is -0.0364. The minimum atomic E-state index is -0.987. The smallest absolute Gasteiger partial charge is 0.306 e. The van der Waals surface area contributed by atoms with Gasteiger partial charge in [-0.25, -0.2) is 0 Å². The molecule has 1 aromatic heterocycles. The summed E-state index contributed by atoms with van der Waals surface area (Å²) in [6.45, 7) is 1.50. The van der Waals surface area contributed by atoms with E-state index in [4.69, 9.17) is 9.84 Å². The molecule has 0 amide bonds. The summed E-state index contributed by atoms with van der Waals surface area (Å²) in [4.78, 5) is 23.3. The Morgan fingerprint density at radius 2 is 2.05 bits per heavy atom. The van der Waals surface area contributed by atoms with E-state index in [-0.39, 0.29) is 18.0 Å². The van der Waals surface area contributed by atoms with E-state index >= 15 is 0 Å². The number of hydrogen-bond donors (Lipinski definition) is 2. The zero-order valence-corrected chi connectivity index (χ0v) is 11.9. The molecular formula is C14H14O5S. The number of benzene rings is 1. The van der Waals surface area contributed by atoms with E-state index < -0.39 is 11.9 Å². The Bertz CT molecular complexity index is 673. The van der Waals surface area contributed by atoms with Crippen molar-refractivity contribution in [3.05, 3.63) is 23.1 Å². The maximum absolute atomic E-state index is 12.0. The molecule has 0 fully saturated rings. The molecule has 1 aromatic carbocycles. The molecule has 2 N–H and O–H groups in total. The fraction of sp³-hybridized carbons (Fsp3) is 0.286. The average Bonchev–Trinajstić information content (AvgIpc) is 2.80. The average molecular weight is 294 g/mol. The lowest BCUT2D eigenvalue weighted by molar-refractivity contribution is -0.141. The van der Waals surface area contributed by atoms with Gasteiger partial charge in [0.05, 0.1) is 17.9 Å². The van der Waals surface area contributed by atoms with Crippen LogP contribution >= 0.6 is 11.3 Å². The Kier molecular flexibility index (Phi) is 3.94. The van der Waals surface area contributed by atoms with Crippen LogP contribution < -0.4 is 4.74 Å². The number of carboxylic acids is 1. The van der Waals surface area contributed by atoms with Gasteiger partial charge in [-0.3, -0.25) is 9.59 Å². The molecule has 1 heterocycles. The first-order valence-electron chi connectivity index (χ1n) is 5.99. The molecule has 0 saturated heterocycles. The second-order valence-corrected chi connectivity index (χ2v) is 5.62. The molecule has 0 unspecified atom stereocenters. The van der Waals surface area contributed by atoms with Crippen molar-refractivity contribution >= 4 is 33.2 Å². The first-order valence-corrected chi connectivity index (χ1v) is 6.80. The fourth-order valence-electron chi connectivity index (χ4n) is 1.82. The third-order valence-electron chi connectivity index (χ3n) is 3.01. The SMILES string of the molecule is COc1cc2cc(C(=O)C[C@H](C)C(=O)O)sc2cc1O. The number of aliphatic carboxylic acids is 1. The fourth-order valence-corrected chi connectivity index (χ4v) is 2.85. The first-order chi connectivity index (χ1) is 9.42. The van der Waals surface area contributed by atoms with Gasteiger partial charge in [0.2, 0.25) is 0 Å². The third-order valence-corrected chi connectivity index (χ3v) is 4.14. The van der Waals surface area contributed by atoms with Crippen LogP contribution in [0, 0.1) is 5.92 Å². The normalized spacial score (nSPS) is 12.3. The summed E-state index contributed by atoms with van der Waals surface area (Å²) in [5.74, 6) is -1.55. The van der Waals surface area contributed by atoms with Crippen LogP contribution in [0.25, 0.3) is 10.1 Å². The highest BCUT2D eigenvalue weighted by atomic mass is 32.1. The summed E-state index contributed by atoms with van der Waals surface area (Å²) in [5.41, 5.74) is 0. The molecule has 2 rings (SSSR count). The molecule has 0 aliphatic heterocycles. The Balaban J connectivity index is 2.32. The monoisotopic (exact) mass is 294 g/mol. The number of methoxy groups -OCH3 is 1. The van der Waals surface area contributed by atoms with E-state index in [9.17, 15) is 14.7 Å². The quantitative estimate of drug-likeness (QED) is 0.828. The molecule has 6 heteroatoms. The number of carbonyl (C=O) groups is 2. The summed E-state index contributed by atoms with van der Waals surface area (Å²) >= 11 is 1.23. The van der Waals surface area contributed by atoms with Crippen molar-refractivity contribution in [2.75, 3.05) is 7.11 Å². The number of carboxylic acid groups (broad SMARTS) is 1. The highest BCUT2D eigenvalue weighted by Crippen LogP contribution is 2.36. The molecule has 0 aliphatic rings. The number of hydrogen-bond acceptors (Lipinski definition) is 5. The minimum Gasteiger partial charge on any atom is -0.504 e. The van der Waals surface area contributed by atoms with Gasteiger partial charge in [0.15, 0.2) is 17.3 Å². The molecule has 0 aliphatic carbocycles. The first kappa shape index (κ1) is 14.3. The number of fused-ring (bicyclic) bond motifs is 1. The van der Waals surface area contributed by atoms with Gasteiger partial charge in [0.25, 0.3) is 0 Å². The van der Waals surface area contributed by atoms with Gasteiger partial charge in [0, 0.05) is 17.2 Å². The van der Waals surface area contributed by atoms with Crippen LogP contribution in [0.5, 0.6) is 11.5 Å². The second-order valence-electron chi connectivity index (χ2n) is 4.54. The van der Waals surface area contributed by atoms with Crippen LogP contribution in [-0.4, -0.2) is 29.1 Å². The van der Waals surface area contributed by atoms with Crippen LogP contribution in [0.15, 0.2) is 18.2 Å². The van der Waals surface area contributed by atoms with Crippen molar-refractivity contribution in [1.29, 1.82) is 0 Å². The van der Waals surface area contributed by atoms with E-state index in [0.29, 0.717) is 10.6 Å². The zero-order chi connectivity index (χ0) is 14.9. The van der Waals surface area contributed by atoms with Crippen molar-refractivity contribution in [3.8, 4) is 11.5 Å². The standard InChI is InChI=1S/C14H14O5S/c1-7(14(17)18)3-10(16)13-5-8-4-11(19-2)9(15)6-12(8)20-13/h4-7,15H,3H2,1-2H3,(H,17,18)/t7-/m0/s1. The molecule has 20 heavy (non-hydrogen) atoms. The molecule has 0 saturated carbocycles. The van der Waals surface area contributed by atoms with E-state index in [2.05, 4.69) is 0 Å². The Labute approximate surface area is 119 Å². The topological polar surface area (TPSA) is 83.8 Å². The number of ketones is 1. The molecule has 106 valence electrons. The minimum absolute atomic E-state index is 0.0137. The lowest BCUT2D eigenvalue weighted by Crippen LogP contribution is -2.13. The predicted molar refractivity (Wildman–Crippen MR) is 75.8 cm³/mol. The van der Waals surface area contributed by atoms with Gasteiger partial charge >= 0.3 is 5.97 Å². The molecule has 0 spiro atoms. The summed E-state index contributed by atoms with van der Waals surface area (Å²) in [7, 11) is 1.45. The zero-order valence-electron chi connectivity index (χ0n) is 11.0. The lowest BCUT2D eigenvalue weighted by Gasteiger charge is -2.02. The number of phenolic OH excluding ortho intramolecular Hbond substituents is 1. The molecular weight excluding hydrogens is 280 g/mol. The van der Waals surface area contributed by atoms with E-state index in [0.717, 1.165) is 10.1 Å². The van der Waals surface area contributed by atoms with Crippen molar-refractivity contribution in [2.45, 2.75) is 13.3 Å². The predicted octanol–water partition coefficient (Wildman–Crippen LogP) is 2.91. The Hall–Kier alpha value is -2.08. The van der Waals surface area contributed by atoms with Crippen LogP contribution in [-0.2, 0) is 4.79 Å². The molecule has 2 aromatic rings. The van der Waals surface area contributed by atoms with Gasteiger partial charge in [-0.05, 0) is 17.5 Å². The third kappa shape index (κ3) is 2.75. The second kappa shape index (κ2) is 5.50. The van der Waals surface area contributed by atoms with Crippen LogP contribution in [0.3, 0.4) is 0 Å². The number of aromatic hydroxyl groups is 1. The Morgan fingerprint density at radius 1 is 1.35 bits per heavy atom. The van der Waals surface area contributed by atoms with Crippen molar-refractivity contribution in [3.63, 3.8) is 0 Å². The summed E-state index contributed by atoms with van der Waals surface area (Å²) < 4.78 is 5.77. The van der Waals surface area contributed by atoms with Gasteiger partial charge in [0.1, 0.15) is 0 Å². The molecule has 1 atom stereocenters. The largest absolute Gasteiger partial charge is 0.504 e. The maximum atomic E-state index is 12.0. The van der Waals surface area contributed by atoms with Crippen LogP contribution in [0.4, 0.5) is 0 Å². The number of ether oxygens (including phenoxy) is 1. The van der Waals surface area contributed by atoms with Gasteiger partial charge in [-0.15, -0.1) is 11.3 Å².